The first-order valence-corrected chi connectivity index (χ1v) is 6.75. The quantitative estimate of drug-likeness (QED) is 0.850. The minimum Gasteiger partial charge on any atom is -0.506 e. The molecular formula is C14H11Cl3O2. The van der Waals surface area contributed by atoms with Gasteiger partial charge in [-0.05, 0) is 48.2 Å². The lowest BCUT2D eigenvalue weighted by Gasteiger charge is -2.07. The smallest absolute Gasteiger partial charge is 0.152 e. The second kappa shape index (κ2) is 5.91. The van der Waals surface area contributed by atoms with E-state index in [1.807, 2.05) is 6.07 Å². The highest BCUT2D eigenvalue weighted by Gasteiger charge is 2.07. The van der Waals surface area contributed by atoms with Gasteiger partial charge in [-0.15, -0.1) is 0 Å². The molecule has 0 amide bonds. The average molecular weight is 318 g/mol. The lowest BCUT2D eigenvalue weighted by Crippen LogP contribution is -1.92. The molecular weight excluding hydrogens is 307 g/mol. The van der Waals surface area contributed by atoms with Crippen LogP contribution >= 0.6 is 34.8 Å². The number of rotatable bonds is 3. The molecule has 100 valence electrons. The fourth-order valence-electron chi connectivity index (χ4n) is 1.76. The van der Waals surface area contributed by atoms with Crippen LogP contribution in [0.5, 0.6) is 11.5 Å². The lowest BCUT2D eigenvalue weighted by molar-refractivity contribution is 0.474. The first-order valence-electron chi connectivity index (χ1n) is 5.61. The van der Waals surface area contributed by atoms with Gasteiger partial charge in [-0.3, -0.25) is 0 Å². The molecule has 0 heterocycles. The fraction of sp³-hybridized carbons (Fsp3) is 0.143. The molecule has 2 nitrogen and oxygen atoms in total. The molecule has 2 rings (SSSR count). The van der Waals surface area contributed by atoms with E-state index in [2.05, 4.69) is 0 Å². The predicted molar refractivity (Wildman–Crippen MR) is 78.7 cm³/mol. The molecule has 0 aliphatic heterocycles. The van der Waals surface area contributed by atoms with E-state index in [-0.39, 0.29) is 21.5 Å². The number of phenolic OH excluding ortho intramolecular Hbond substituents is 2. The van der Waals surface area contributed by atoms with Crippen LogP contribution in [0, 0.1) is 0 Å². The summed E-state index contributed by atoms with van der Waals surface area (Å²) >= 11 is 17.5. The summed E-state index contributed by atoms with van der Waals surface area (Å²) in [7, 11) is 0. The molecule has 0 saturated heterocycles. The maximum absolute atomic E-state index is 9.51. The average Bonchev–Trinajstić information content (AvgIpc) is 2.37. The predicted octanol–water partition coefficient (Wildman–Crippen LogP) is 4.84. The van der Waals surface area contributed by atoms with Crippen molar-refractivity contribution in [2.75, 3.05) is 0 Å². The van der Waals surface area contributed by atoms with Gasteiger partial charge in [-0.2, -0.15) is 0 Å². The number of aromatic hydroxyl groups is 2. The molecule has 5 heteroatoms. The summed E-state index contributed by atoms with van der Waals surface area (Å²) in [6.07, 6.45) is 1.41. The Kier molecular flexibility index (Phi) is 4.46. The third kappa shape index (κ3) is 3.47. The minimum atomic E-state index is -0.101. The topological polar surface area (TPSA) is 40.5 Å². The summed E-state index contributed by atoms with van der Waals surface area (Å²) < 4.78 is 0. The van der Waals surface area contributed by atoms with E-state index in [0.717, 1.165) is 11.1 Å². The van der Waals surface area contributed by atoms with Crippen molar-refractivity contribution in [3.8, 4) is 11.5 Å². The van der Waals surface area contributed by atoms with Gasteiger partial charge in [0.15, 0.2) is 5.75 Å². The summed E-state index contributed by atoms with van der Waals surface area (Å²) in [5, 5.41) is 19.8. The monoisotopic (exact) mass is 316 g/mol. The summed E-state index contributed by atoms with van der Waals surface area (Å²) in [4.78, 5) is 0. The molecule has 0 radical (unpaired) electrons. The maximum Gasteiger partial charge on any atom is 0.152 e. The number of benzene rings is 2. The van der Waals surface area contributed by atoms with Crippen molar-refractivity contribution >= 4 is 34.8 Å². The summed E-state index contributed by atoms with van der Waals surface area (Å²) in [5.41, 5.74) is 1.88. The van der Waals surface area contributed by atoms with Gasteiger partial charge < -0.3 is 10.2 Å². The van der Waals surface area contributed by atoms with Crippen LogP contribution in [-0.4, -0.2) is 10.2 Å². The third-order valence-electron chi connectivity index (χ3n) is 2.79. The molecule has 0 fully saturated rings. The van der Waals surface area contributed by atoms with E-state index in [1.54, 1.807) is 24.3 Å². The molecule has 0 bridgehead atoms. The summed E-state index contributed by atoms with van der Waals surface area (Å²) in [5.74, 6) is -0.0304. The molecule has 0 atom stereocenters. The fourth-order valence-corrected chi connectivity index (χ4v) is 2.41. The Morgan fingerprint density at radius 1 is 0.737 bits per heavy atom. The van der Waals surface area contributed by atoms with Gasteiger partial charge in [-0.1, -0.05) is 40.9 Å². The number of aryl methyl sites for hydroxylation is 2. The summed E-state index contributed by atoms with van der Waals surface area (Å²) in [6.45, 7) is 0. The Labute approximate surface area is 126 Å². The standard InChI is InChI=1S/C14H11Cl3O2/c15-10-4-3-8(7-13(10)18)1-2-9-5-11(16)14(19)12(17)6-9/h3-7,18-19H,1-2H2. The number of hydrogen-bond donors (Lipinski definition) is 2. The summed E-state index contributed by atoms with van der Waals surface area (Å²) in [6, 6.07) is 8.50. The maximum atomic E-state index is 9.51. The Balaban J connectivity index is 2.12. The number of phenols is 2. The van der Waals surface area contributed by atoms with Crippen molar-refractivity contribution in [1.82, 2.24) is 0 Å². The van der Waals surface area contributed by atoms with Gasteiger partial charge >= 0.3 is 0 Å². The third-order valence-corrected chi connectivity index (χ3v) is 3.69. The molecule has 19 heavy (non-hydrogen) atoms. The van der Waals surface area contributed by atoms with Crippen LogP contribution < -0.4 is 0 Å². The van der Waals surface area contributed by atoms with Crippen LogP contribution in [0.1, 0.15) is 11.1 Å². The Morgan fingerprint density at radius 3 is 1.89 bits per heavy atom. The molecule has 0 aliphatic rings. The van der Waals surface area contributed by atoms with E-state index in [1.165, 1.54) is 0 Å². The normalized spacial score (nSPS) is 10.7. The van der Waals surface area contributed by atoms with Crippen LogP contribution in [0.25, 0.3) is 0 Å². The Hall–Kier alpha value is -1.09. The van der Waals surface area contributed by atoms with E-state index in [4.69, 9.17) is 34.8 Å². The zero-order valence-corrected chi connectivity index (χ0v) is 12.1. The van der Waals surface area contributed by atoms with Crippen LogP contribution in [-0.2, 0) is 12.8 Å². The van der Waals surface area contributed by atoms with E-state index >= 15 is 0 Å². The molecule has 2 aromatic rings. The van der Waals surface area contributed by atoms with Gasteiger partial charge in [0.1, 0.15) is 5.75 Å². The Morgan fingerprint density at radius 2 is 1.32 bits per heavy atom. The van der Waals surface area contributed by atoms with Crippen molar-refractivity contribution in [2.24, 2.45) is 0 Å². The minimum absolute atomic E-state index is 0.0703. The molecule has 0 aliphatic carbocycles. The highest BCUT2D eigenvalue weighted by molar-refractivity contribution is 6.37. The van der Waals surface area contributed by atoms with Crippen LogP contribution in [0.15, 0.2) is 30.3 Å². The van der Waals surface area contributed by atoms with Gasteiger partial charge in [-0.25, -0.2) is 0 Å². The SMILES string of the molecule is Oc1cc(CCc2cc(Cl)c(O)c(Cl)c2)ccc1Cl. The van der Waals surface area contributed by atoms with Crippen LogP contribution in [0.3, 0.4) is 0 Å². The molecule has 0 spiro atoms. The van der Waals surface area contributed by atoms with E-state index in [9.17, 15) is 10.2 Å². The molecule has 0 saturated carbocycles. The molecule has 0 aromatic heterocycles. The first-order chi connectivity index (χ1) is 8.97. The Bertz CT molecular complexity index is 589. The van der Waals surface area contributed by atoms with Crippen LogP contribution in [0.4, 0.5) is 0 Å². The van der Waals surface area contributed by atoms with Gasteiger partial charge in [0.25, 0.3) is 0 Å². The molecule has 0 unspecified atom stereocenters. The van der Waals surface area contributed by atoms with Crippen LogP contribution in [0.2, 0.25) is 15.1 Å². The van der Waals surface area contributed by atoms with Gasteiger partial charge in [0, 0.05) is 0 Å². The van der Waals surface area contributed by atoms with Crippen molar-refractivity contribution in [1.29, 1.82) is 0 Å². The molecule has 2 N–H and O–H groups in total. The second-order valence-corrected chi connectivity index (χ2v) is 5.42. The largest absolute Gasteiger partial charge is 0.506 e. The number of hydrogen-bond acceptors (Lipinski definition) is 2. The van der Waals surface area contributed by atoms with Crippen molar-refractivity contribution in [3.63, 3.8) is 0 Å². The zero-order chi connectivity index (χ0) is 14.0. The highest BCUT2D eigenvalue weighted by Crippen LogP contribution is 2.33. The van der Waals surface area contributed by atoms with Crippen molar-refractivity contribution in [2.45, 2.75) is 12.8 Å². The lowest BCUT2D eigenvalue weighted by atomic mass is 10.0. The van der Waals surface area contributed by atoms with Crippen molar-refractivity contribution < 1.29 is 10.2 Å². The zero-order valence-electron chi connectivity index (χ0n) is 9.83. The van der Waals surface area contributed by atoms with Gasteiger partial charge in [0.2, 0.25) is 0 Å². The van der Waals surface area contributed by atoms with Crippen molar-refractivity contribution in [3.05, 3.63) is 56.5 Å². The first kappa shape index (κ1) is 14.3. The molecule has 2 aromatic carbocycles. The van der Waals surface area contributed by atoms with E-state index < -0.39 is 0 Å². The number of halogens is 3. The highest BCUT2D eigenvalue weighted by atomic mass is 35.5. The van der Waals surface area contributed by atoms with E-state index in [0.29, 0.717) is 17.9 Å². The second-order valence-electron chi connectivity index (χ2n) is 4.19. The van der Waals surface area contributed by atoms with Gasteiger partial charge in [0.05, 0.1) is 15.1 Å².